The lowest BCUT2D eigenvalue weighted by molar-refractivity contribution is 1.07. The first-order chi connectivity index (χ1) is 5.83. The van der Waals surface area contributed by atoms with Gasteiger partial charge in [0.15, 0.2) is 0 Å². The molecule has 0 spiro atoms. The molecule has 0 atom stereocenters. The second kappa shape index (κ2) is 16.2. The smallest absolute Gasteiger partial charge is 0.0908 e. The van der Waals surface area contributed by atoms with Gasteiger partial charge in [0.1, 0.15) is 0 Å². The van der Waals surface area contributed by atoms with Crippen LogP contribution in [0.15, 0.2) is 24.8 Å². The predicted molar refractivity (Wildman–Crippen MR) is 50.1 cm³/mol. The van der Waals surface area contributed by atoms with Crippen LogP contribution >= 0.6 is 0 Å². The van der Waals surface area contributed by atoms with E-state index in [1.807, 2.05) is 25.1 Å². The van der Waals surface area contributed by atoms with Crippen molar-refractivity contribution in [2.24, 2.45) is 0 Å². The van der Waals surface area contributed by atoms with Gasteiger partial charge in [-0.05, 0) is 12.8 Å². The zero-order chi connectivity index (χ0) is 9.66. The second-order valence-corrected chi connectivity index (χ2v) is 1.93. The lowest BCUT2D eigenvalue weighted by atomic mass is 10.3. The highest BCUT2D eigenvalue weighted by Gasteiger charge is 1.69. The average Bonchev–Trinajstić information content (AvgIpc) is 2.12. The lowest BCUT2D eigenvalue weighted by Gasteiger charge is -1.70. The number of nitriles is 2. The van der Waals surface area contributed by atoms with Crippen molar-refractivity contribution in [3.63, 3.8) is 0 Å². The van der Waals surface area contributed by atoms with Gasteiger partial charge in [0.25, 0.3) is 0 Å². The van der Waals surface area contributed by atoms with Crippen LogP contribution in [0.2, 0.25) is 0 Å². The largest absolute Gasteiger partial charge is 0.198 e. The molecule has 0 aliphatic heterocycles. The number of nitrogens with zero attached hydrogens (tertiary/aromatic N) is 2. The molecule has 64 valence electrons. The van der Waals surface area contributed by atoms with E-state index in [-0.39, 0.29) is 0 Å². The molecule has 0 aromatic heterocycles. The molecule has 0 unspecified atom stereocenters. The van der Waals surface area contributed by atoms with Crippen LogP contribution in [-0.2, 0) is 0 Å². The van der Waals surface area contributed by atoms with Gasteiger partial charge in [0, 0.05) is 12.5 Å². The first-order valence-corrected chi connectivity index (χ1v) is 3.85. The second-order valence-electron chi connectivity index (χ2n) is 1.93. The number of unbranched alkanes of at least 4 members (excludes halogenated alkanes) is 1. The molecule has 0 radical (unpaired) electrons. The van der Waals surface area contributed by atoms with Gasteiger partial charge >= 0.3 is 0 Å². The summed E-state index contributed by atoms with van der Waals surface area (Å²) in [5.74, 6) is 0. The third kappa shape index (κ3) is 23.7. The molecule has 0 rings (SSSR count). The summed E-state index contributed by atoms with van der Waals surface area (Å²) < 4.78 is 0. The molecule has 0 N–H and O–H groups in total. The minimum atomic E-state index is 0.601. The maximum atomic E-state index is 7.90. The van der Waals surface area contributed by atoms with Crippen molar-refractivity contribution >= 4 is 0 Å². The Labute approximate surface area is 74.4 Å². The topological polar surface area (TPSA) is 47.6 Å². The van der Waals surface area contributed by atoms with Gasteiger partial charge in [-0.25, -0.2) is 0 Å². The van der Waals surface area contributed by atoms with Gasteiger partial charge in [-0.3, -0.25) is 0 Å². The van der Waals surface area contributed by atoms with Gasteiger partial charge in [0.2, 0.25) is 0 Å². The highest BCUT2D eigenvalue weighted by Crippen LogP contribution is 1.82. The summed E-state index contributed by atoms with van der Waals surface area (Å²) in [6, 6.07) is 3.89. The molecule has 2 heteroatoms. The van der Waals surface area contributed by atoms with Crippen molar-refractivity contribution in [2.75, 3.05) is 0 Å². The monoisotopic (exact) mass is 162 g/mol. The molecule has 0 aliphatic rings. The zero-order valence-electron chi connectivity index (χ0n) is 7.45. The molecule has 2 nitrogen and oxygen atoms in total. The van der Waals surface area contributed by atoms with Crippen molar-refractivity contribution in [3.8, 4) is 12.1 Å². The minimum Gasteiger partial charge on any atom is -0.198 e. The van der Waals surface area contributed by atoms with Crippen molar-refractivity contribution in [2.45, 2.75) is 26.2 Å². The highest BCUT2D eigenvalue weighted by molar-refractivity contribution is 5.00. The molecule has 0 aromatic carbocycles. The Morgan fingerprint density at radius 2 is 2.08 bits per heavy atom. The van der Waals surface area contributed by atoms with Gasteiger partial charge in [-0.1, -0.05) is 19.1 Å². The molecule has 0 saturated heterocycles. The average molecular weight is 162 g/mol. The summed E-state index contributed by atoms with van der Waals surface area (Å²) in [5, 5.41) is 15.8. The van der Waals surface area contributed by atoms with Crippen LogP contribution in [-0.4, -0.2) is 0 Å². The fourth-order valence-electron chi connectivity index (χ4n) is 0.337. The normalized spacial score (nSPS) is 7.58. The molecule has 0 aliphatic carbocycles. The van der Waals surface area contributed by atoms with E-state index in [9.17, 15) is 0 Å². The Hall–Kier alpha value is -1.54. The number of hydrogen-bond acceptors (Lipinski definition) is 2. The van der Waals surface area contributed by atoms with Crippen molar-refractivity contribution in [1.82, 2.24) is 0 Å². The molecule has 0 heterocycles. The molecular formula is C10H14N2. The minimum absolute atomic E-state index is 0.601. The van der Waals surface area contributed by atoms with Crippen LogP contribution in [0.4, 0.5) is 0 Å². The van der Waals surface area contributed by atoms with E-state index < -0.39 is 0 Å². The summed E-state index contributed by atoms with van der Waals surface area (Å²) in [4.78, 5) is 0. The summed E-state index contributed by atoms with van der Waals surface area (Å²) in [6.07, 6.45) is 7.41. The van der Waals surface area contributed by atoms with E-state index in [1.54, 1.807) is 6.08 Å². The SMILES string of the molecule is C=CCCC#N.CC/C=C/C#N. The fourth-order valence-corrected chi connectivity index (χ4v) is 0.337. The van der Waals surface area contributed by atoms with E-state index >= 15 is 0 Å². The number of allylic oxidation sites excluding steroid dienone is 3. The van der Waals surface area contributed by atoms with Crippen LogP contribution < -0.4 is 0 Å². The van der Waals surface area contributed by atoms with E-state index in [1.165, 1.54) is 6.08 Å². The van der Waals surface area contributed by atoms with Crippen LogP contribution in [0, 0.1) is 22.7 Å². The van der Waals surface area contributed by atoms with Crippen LogP contribution in [0.3, 0.4) is 0 Å². The third-order valence-corrected chi connectivity index (χ3v) is 0.888. The molecular weight excluding hydrogens is 148 g/mol. The van der Waals surface area contributed by atoms with Crippen LogP contribution in [0.1, 0.15) is 26.2 Å². The van der Waals surface area contributed by atoms with Crippen molar-refractivity contribution < 1.29 is 0 Å². The number of rotatable bonds is 3. The quantitative estimate of drug-likeness (QED) is 0.364. The molecule has 0 amide bonds. The maximum Gasteiger partial charge on any atom is 0.0908 e. The van der Waals surface area contributed by atoms with E-state index in [0.29, 0.717) is 6.42 Å². The highest BCUT2D eigenvalue weighted by atomic mass is 14.2. The van der Waals surface area contributed by atoms with E-state index in [2.05, 4.69) is 6.58 Å². The standard InChI is InChI=1S/2C5H7N/c2*1-2-3-4-5-6/h3-4H,2H2,1H3;2H,1,3-4H2/b4-3+;. The first-order valence-electron chi connectivity index (χ1n) is 3.85. The Morgan fingerprint density at radius 3 is 2.25 bits per heavy atom. The summed E-state index contributed by atoms with van der Waals surface area (Å²) in [7, 11) is 0. The van der Waals surface area contributed by atoms with Gasteiger partial charge < -0.3 is 0 Å². The van der Waals surface area contributed by atoms with E-state index in [0.717, 1.165) is 12.8 Å². The summed E-state index contributed by atoms with van der Waals surface area (Å²) >= 11 is 0. The number of hydrogen-bond donors (Lipinski definition) is 0. The Morgan fingerprint density at radius 1 is 1.42 bits per heavy atom. The van der Waals surface area contributed by atoms with Crippen molar-refractivity contribution in [1.29, 1.82) is 10.5 Å². The molecule has 0 saturated carbocycles. The maximum absolute atomic E-state index is 7.90. The predicted octanol–water partition coefficient (Wildman–Crippen LogP) is 2.95. The van der Waals surface area contributed by atoms with Gasteiger partial charge in [-0.2, -0.15) is 10.5 Å². The lowest BCUT2D eigenvalue weighted by Crippen LogP contribution is -1.57. The van der Waals surface area contributed by atoms with E-state index in [4.69, 9.17) is 10.5 Å². The summed E-state index contributed by atoms with van der Waals surface area (Å²) in [5.41, 5.74) is 0. The Balaban J connectivity index is 0. The zero-order valence-corrected chi connectivity index (χ0v) is 7.45. The van der Waals surface area contributed by atoms with Crippen LogP contribution in [0.5, 0.6) is 0 Å². The fraction of sp³-hybridized carbons (Fsp3) is 0.400. The van der Waals surface area contributed by atoms with Gasteiger partial charge in [0.05, 0.1) is 12.1 Å². The first kappa shape index (κ1) is 13.1. The molecule has 0 aromatic rings. The Kier molecular flexibility index (Phi) is 17.7. The third-order valence-electron chi connectivity index (χ3n) is 0.888. The summed E-state index contributed by atoms with van der Waals surface area (Å²) in [6.45, 7) is 5.44. The van der Waals surface area contributed by atoms with Gasteiger partial charge in [-0.15, -0.1) is 6.58 Å². The molecule has 0 bridgehead atoms. The van der Waals surface area contributed by atoms with Crippen LogP contribution in [0.25, 0.3) is 0 Å². The molecule has 12 heavy (non-hydrogen) atoms. The Bertz CT molecular complexity index is 191. The van der Waals surface area contributed by atoms with Crippen molar-refractivity contribution in [3.05, 3.63) is 24.8 Å². The molecule has 0 fully saturated rings.